The molecule has 0 bridgehead atoms. The van der Waals surface area contributed by atoms with Crippen molar-refractivity contribution in [2.75, 3.05) is 5.88 Å². The summed E-state index contributed by atoms with van der Waals surface area (Å²) in [7, 11) is 0. The monoisotopic (exact) mass is 182 g/mol. The second-order valence-corrected chi connectivity index (χ2v) is 3.01. The van der Waals surface area contributed by atoms with Crippen LogP contribution in [0.15, 0.2) is 18.2 Å². The maximum Gasteiger partial charge on any atom is 0.115 e. The Kier molecular flexibility index (Phi) is 2.77. The Hall–Kier alpha value is -0.950. The van der Waals surface area contributed by atoms with Crippen molar-refractivity contribution in [2.45, 2.75) is 6.92 Å². The highest BCUT2D eigenvalue weighted by molar-refractivity contribution is 6.21. The Bertz CT molecular complexity index is 381. The summed E-state index contributed by atoms with van der Waals surface area (Å²) in [5, 5.41) is 10.9. The lowest BCUT2D eigenvalue weighted by Gasteiger charge is -1.96. The maximum absolute atomic E-state index is 9.38. The fourth-order valence-corrected chi connectivity index (χ4v) is 1.17. The van der Waals surface area contributed by atoms with Gasteiger partial charge in [0.25, 0.3) is 0 Å². The third-order valence-corrected chi connectivity index (χ3v) is 1.96. The molecule has 12 heavy (non-hydrogen) atoms. The molecule has 0 aromatic heterocycles. The predicted molar refractivity (Wildman–Crippen MR) is 52.7 cm³/mol. The first kappa shape index (κ1) is 9.14. The molecule has 0 aliphatic heterocycles. The van der Waals surface area contributed by atoms with E-state index in [9.17, 15) is 5.11 Å². The van der Waals surface area contributed by atoms with Crippen molar-refractivity contribution < 1.29 is 5.11 Å². The molecule has 0 saturated heterocycles. The molecule has 1 aromatic rings. The predicted octanol–water partition coefficient (Wildman–Crippen LogP) is 1.31. The van der Waals surface area contributed by atoms with E-state index in [2.05, 4.69) is 6.58 Å². The lowest BCUT2D eigenvalue weighted by Crippen LogP contribution is -2.26. The van der Waals surface area contributed by atoms with Gasteiger partial charge in [-0.15, -0.1) is 11.6 Å². The van der Waals surface area contributed by atoms with E-state index in [-0.39, 0.29) is 11.6 Å². The van der Waals surface area contributed by atoms with Gasteiger partial charge in [-0.25, -0.2) is 0 Å². The average Bonchev–Trinajstić information content (AvgIpc) is 2.08. The van der Waals surface area contributed by atoms with Crippen LogP contribution in [0.25, 0.3) is 12.3 Å². The molecule has 0 heterocycles. The van der Waals surface area contributed by atoms with Crippen LogP contribution in [-0.4, -0.2) is 11.0 Å². The lowest BCUT2D eigenvalue weighted by atomic mass is 10.1. The standard InChI is InChI=1S/C10H11ClO/c1-7-3-4-8(2)9(5-7)10(12)6-11/h3-5,12H,2,6H2,1H3/b10-9+. The molecule has 0 radical (unpaired) electrons. The van der Waals surface area contributed by atoms with Gasteiger partial charge in [0.1, 0.15) is 5.76 Å². The van der Waals surface area contributed by atoms with Crippen molar-refractivity contribution in [2.24, 2.45) is 0 Å². The zero-order valence-electron chi connectivity index (χ0n) is 6.97. The molecule has 1 rings (SSSR count). The second-order valence-electron chi connectivity index (χ2n) is 2.74. The molecule has 0 spiro atoms. The van der Waals surface area contributed by atoms with E-state index in [1.165, 1.54) is 0 Å². The van der Waals surface area contributed by atoms with Gasteiger partial charge in [0.05, 0.1) is 5.88 Å². The minimum absolute atomic E-state index is 0.131. The largest absolute Gasteiger partial charge is 0.510 e. The van der Waals surface area contributed by atoms with Gasteiger partial charge in [-0.1, -0.05) is 24.3 Å². The molecule has 0 aliphatic carbocycles. The average molecular weight is 183 g/mol. The zero-order valence-corrected chi connectivity index (χ0v) is 7.73. The van der Waals surface area contributed by atoms with Gasteiger partial charge < -0.3 is 5.11 Å². The van der Waals surface area contributed by atoms with Gasteiger partial charge >= 0.3 is 0 Å². The van der Waals surface area contributed by atoms with Crippen molar-refractivity contribution in [1.82, 2.24) is 0 Å². The fraction of sp³-hybridized carbons (Fsp3) is 0.200. The maximum atomic E-state index is 9.38. The molecule has 0 amide bonds. The summed E-state index contributed by atoms with van der Waals surface area (Å²) in [6.45, 7) is 5.75. The van der Waals surface area contributed by atoms with E-state index in [4.69, 9.17) is 11.6 Å². The van der Waals surface area contributed by atoms with Crippen LogP contribution in [0.2, 0.25) is 0 Å². The first-order chi connectivity index (χ1) is 5.65. The normalized spacial score (nSPS) is 12.8. The van der Waals surface area contributed by atoms with E-state index >= 15 is 0 Å². The van der Waals surface area contributed by atoms with E-state index in [0.29, 0.717) is 0 Å². The van der Waals surface area contributed by atoms with Gasteiger partial charge in [0, 0.05) is 5.22 Å². The highest BCUT2D eigenvalue weighted by Gasteiger charge is 1.93. The number of aliphatic hydroxyl groups excluding tert-OH is 1. The van der Waals surface area contributed by atoms with Crippen LogP contribution in [-0.2, 0) is 0 Å². The van der Waals surface area contributed by atoms with Crippen molar-refractivity contribution in [3.63, 3.8) is 0 Å². The molecule has 2 heteroatoms. The fourth-order valence-electron chi connectivity index (χ4n) is 1.03. The molecule has 64 valence electrons. The van der Waals surface area contributed by atoms with Crippen LogP contribution in [0.5, 0.6) is 0 Å². The van der Waals surface area contributed by atoms with Gasteiger partial charge in [-0.05, 0) is 18.2 Å². The second kappa shape index (κ2) is 3.63. The number of aryl methyl sites for hydroxylation is 1. The van der Waals surface area contributed by atoms with Crippen LogP contribution < -0.4 is 10.4 Å². The molecule has 1 N–H and O–H groups in total. The summed E-state index contributed by atoms with van der Waals surface area (Å²) in [6, 6.07) is 5.70. The molecule has 0 aliphatic rings. The number of rotatable bonds is 1. The summed E-state index contributed by atoms with van der Waals surface area (Å²) in [4.78, 5) is 0. The van der Waals surface area contributed by atoms with E-state index in [0.717, 1.165) is 16.0 Å². The first-order valence-corrected chi connectivity index (χ1v) is 4.22. The van der Waals surface area contributed by atoms with E-state index < -0.39 is 0 Å². The molecule has 0 saturated carbocycles. The van der Waals surface area contributed by atoms with E-state index in [1.807, 2.05) is 25.1 Å². The van der Waals surface area contributed by atoms with Crippen LogP contribution in [0, 0.1) is 6.92 Å². The Morgan fingerprint density at radius 2 is 2.25 bits per heavy atom. The molecular weight excluding hydrogens is 172 g/mol. The minimum Gasteiger partial charge on any atom is -0.510 e. The van der Waals surface area contributed by atoms with Crippen molar-refractivity contribution in [3.8, 4) is 0 Å². The number of aliphatic hydroxyl groups is 1. The van der Waals surface area contributed by atoms with Crippen molar-refractivity contribution in [1.29, 1.82) is 0 Å². The van der Waals surface area contributed by atoms with Gasteiger partial charge in [0.15, 0.2) is 0 Å². The van der Waals surface area contributed by atoms with E-state index in [1.54, 1.807) is 0 Å². The van der Waals surface area contributed by atoms with Gasteiger partial charge in [-0.3, -0.25) is 0 Å². The Balaban J connectivity index is 3.52. The zero-order chi connectivity index (χ0) is 9.14. The summed E-state index contributed by atoms with van der Waals surface area (Å²) in [5.41, 5.74) is 1.09. The highest BCUT2D eigenvalue weighted by atomic mass is 35.5. The van der Waals surface area contributed by atoms with Crippen LogP contribution >= 0.6 is 11.6 Å². The topological polar surface area (TPSA) is 20.2 Å². The Morgan fingerprint density at radius 3 is 2.83 bits per heavy atom. The summed E-state index contributed by atoms with van der Waals surface area (Å²) < 4.78 is 0. The smallest absolute Gasteiger partial charge is 0.115 e. The SMILES string of the molecule is C=c1ccc(C)c/c1=C(\O)CCl. The molecular formula is C10H11ClO. The Labute approximate surface area is 76.6 Å². The highest BCUT2D eigenvalue weighted by Crippen LogP contribution is 1.91. The minimum atomic E-state index is 0.131. The number of alkyl halides is 1. The molecule has 1 aromatic carbocycles. The molecule has 0 fully saturated rings. The number of hydrogen-bond donors (Lipinski definition) is 1. The summed E-state index contributed by atoms with van der Waals surface area (Å²) in [6.07, 6.45) is 0. The van der Waals surface area contributed by atoms with Crippen molar-refractivity contribution in [3.05, 3.63) is 34.2 Å². The van der Waals surface area contributed by atoms with Crippen LogP contribution in [0.1, 0.15) is 5.56 Å². The summed E-state index contributed by atoms with van der Waals surface area (Å²) >= 11 is 5.50. The lowest BCUT2D eigenvalue weighted by molar-refractivity contribution is 0.500. The van der Waals surface area contributed by atoms with Crippen LogP contribution in [0.3, 0.4) is 0 Å². The number of halogens is 1. The Morgan fingerprint density at radius 1 is 1.58 bits per heavy atom. The summed E-state index contributed by atoms with van der Waals surface area (Å²) in [5.74, 6) is 0.316. The van der Waals surface area contributed by atoms with Gasteiger partial charge in [-0.2, -0.15) is 0 Å². The third kappa shape index (κ3) is 1.80. The molecule has 0 unspecified atom stereocenters. The first-order valence-electron chi connectivity index (χ1n) is 3.69. The molecule has 0 atom stereocenters. The van der Waals surface area contributed by atoms with Crippen molar-refractivity contribution >= 4 is 23.9 Å². The molecule has 1 nitrogen and oxygen atoms in total. The van der Waals surface area contributed by atoms with Crippen LogP contribution in [0.4, 0.5) is 0 Å². The quantitative estimate of drug-likeness (QED) is 0.650. The number of benzene rings is 1. The number of hydrogen-bond acceptors (Lipinski definition) is 1. The third-order valence-electron chi connectivity index (χ3n) is 1.70. The van der Waals surface area contributed by atoms with Gasteiger partial charge in [0.2, 0.25) is 0 Å².